The van der Waals surface area contributed by atoms with Crippen molar-refractivity contribution >= 4 is 35.0 Å². The van der Waals surface area contributed by atoms with Crippen molar-refractivity contribution in [2.45, 2.75) is 45.8 Å². The molecule has 3 N–H and O–H groups in total. The highest BCUT2D eigenvalue weighted by Gasteiger charge is 2.28. The normalized spacial score (nSPS) is 17.9. The Morgan fingerprint density at radius 2 is 1.83 bits per heavy atom. The summed E-state index contributed by atoms with van der Waals surface area (Å²) in [5.74, 6) is -1.99. The highest BCUT2D eigenvalue weighted by Crippen LogP contribution is 2.26. The van der Waals surface area contributed by atoms with Crippen LogP contribution < -0.4 is 21.5 Å². The number of fused-ring (bicyclic) bond motifs is 4. The summed E-state index contributed by atoms with van der Waals surface area (Å²) in [4.78, 5) is 76.0. The van der Waals surface area contributed by atoms with Crippen LogP contribution in [0.1, 0.15) is 80.7 Å². The van der Waals surface area contributed by atoms with Crippen LogP contribution in [0.3, 0.4) is 0 Å². The van der Waals surface area contributed by atoms with E-state index in [-0.39, 0.29) is 54.0 Å². The van der Waals surface area contributed by atoms with Crippen molar-refractivity contribution in [2.24, 2.45) is 5.92 Å². The molecule has 5 rings (SSSR count). The molecule has 0 saturated heterocycles. The van der Waals surface area contributed by atoms with E-state index in [4.69, 9.17) is 4.42 Å². The van der Waals surface area contributed by atoms with Crippen LogP contribution in [-0.4, -0.2) is 62.7 Å². The van der Waals surface area contributed by atoms with Crippen molar-refractivity contribution in [3.05, 3.63) is 104 Å². The first kappa shape index (κ1) is 32.3. The summed E-state index contributed by atoms with van der Waals surface area (Å²) in [5, 5.41) is 10.7. The minimum absolute atomic E-state index is 0.0142. The molecule has 240 valence electrons. The topological polar surface area (TPSA) is 169 Å². The molecular weight excluding hydrogens is 610 g/mol. The maximum Gasteiger partial charge on any atom is 0.273 e. The Kier molecular flexibility index (Phi) is 10.1. The molecule has 0 aliphatic carbocycles. The molecule has 4 heterocycles. The van der Waals surface area contributed by atoms with Crippen LogP contribution in [0.25, 0.3) is 0 Å². The molecule has 4 amide bonds. The monoisotopic (exact) mass is 645 g/mol. The highest BCUT2D eigenvalue weighted by atomic mass is 32.1. The standard InChI is InChI=1S/C32H35N7O6S/c1-4-38-12-10-21(15-26(38)41)32(44)39-13-11-33-28(42)23-17-45-30(35-23)22(14-20-8-6-5-7-9-20)34-29(43)24-18-46-31(36-24)27(19(2)3)37-25(40)16-39/h5-10,12,15,17-19,22,27H,4,11,13-14,16H2,1-3H3,(H,33,42)(H,34,43)(H,37,40)/t22-,27-/m0/s1. The van der Waals surface area contributed by atoms with Crippen molar-refractivity contribution in [1.29, 1.82) is 0 Å². The fraction of sp³-hybridized carbons (Fsp3) is 0.344. The Labute approximate surface area is 269 Å². The number of hydrogen-bond donors (Lipinski definition) is 3. The number of pyridine rings is 1. The smallest absolute Gasteiger partial charge is 0.273 e. The van der Waals surface area contributed by atoms with Crippen LogP contribution in [0, 0.1) is 5.92 Å². The van der Waals surface area contributed by atoms with E-state index in [2.05, 4.69) is 25.9 Å². The van der Waals surface area contributed by atoms with Crippen LogP contribution in [0.2, 0.25) is 0 Å². The minimum atomic E-state index is -0.711. The van der Waals surface area contributed by atoms with E-state index in [9.17, 15) is 24.0 Å². The average molecular weight is 646 g/mol. The van der Waals surface area contributed by atoms with Gasteiger partial charge in [0.2, 0.25) is 11.8 Å². The number of aromatic nitrogens is 3. The van der Waals surface area contributed by atoms with Gasteiger partial charge in [-0.25, -0.2) is 9.97 Å². The van der Waals surface area contributed by atoms with Crippen molar-refractivity contribution in [2.75, 3.05) is 19.6 Å². The van der Waals surface area contributed by atoms with Crippen molar-refractivity contribution in [3.63, 3.8) is 0 Å². The highest BCUT2D eigenvalue weighted by molar-refractivity contribution is 7.09. The van der Waals surface area contributed by atoms with Crippen LogP contribution >= 0.6 is 11.3 Å². The third kappa shape index (κ3) is 7.57. The summed E-state index contributed by atoms with van der Waals surface area (Å²) in [6.45, 7) is 5.70. The number of aryl methyl sites for hydroxylation is 1. The number of hydrogen-bond acceptors (Lipinski definition) is 9. The second-order valence-corrected chi connectivity index (χ2v) is 12.1. The lowest BCUT2D eigenvalue weighted by molar-refractivity contribution is -0.122. The fourth-order valence-corrected chi connectivity index (χ4v) is 6.03. The van der Waals surface area contributed by atoms with Crippen molar-refractivity contribution < 1.29 is 23.6 Å². The summed E-state index contributed by atoms with van der Waals surface area (Å²) >= 11 is 1.24. The van der Waals surface area contributed by atoms with Gasteiger partial charge in [-0.05, 0) is 24.5 Å². The molecule has 1 aliphatic rings. The van der Waals surface area contributed by atoms with Crippen LogP contribution in [0.4, 0.5) is 0 Å². The molecule has 14 heteroatoms. The summed E-state index contributed by atoms with van der Waals surface area (Å²) in [6.07, 6.45) is 3.07. The van der Waals surface area contributed by atoms with E-state index in [0.29, 0.717) is 18.0 Å². The maximum absolute atomic E-state index is 13.5. The number of amides is 4. The van der Waals surface area contributed by atoms with E-state index in [1.165, 1.54) is 45.4 Å². The number of oxazole rings is 1. The third-order valence-corrected chi connectivity index (χ3v) is 8.44. The SMILES string of the molecule is CCn1ccc(C(=O)N2CCNC(=O)c3coc(n3)[C@H](Cc3ccccc3)NC(=O)c3csc(n3)[C@H](C(C)C)NC(=O)C2)cc1=O. The summed E-state index contributed by atoms with van der Waals surface area (Å²) in [6, 6.07) is 11.0. The molecule has 4 bridgehead atoms. The van der Waals surface area contributed by atoms with E-state index in [1.54, 1.807) is 5.38 Å². The number of benzene rings is 1. The van der Waals surface area contributed by atoms with E-state index >= 15 is 0 Å². The first-order chi connectivity index (χ1) is 22.1. The Bertz CT molecular complexity index is 1780. The molecule has 1 aromatic carbocycles. The second kappa shape index (κ2) is 14.3. The number of rotatable bonds is 5. The molecule has 0 unspecified atom stereocenters. The molecule has 0 radical (unpaired) electrons. The van der Waals surface area contributed by atoms with Gasteiger partial charge in [-0.2, -0.15) is 0 Å². The second-order valence-electron chi connectivity index (χ2n) is 11.2. The molecule has 13 nitrogen and oxygen atoms in total. The number of carbonyl (C=O) groups is 4. The molecule has 46 heavy (non-hydrogen) atoms. The zero-order valence-electron chi connectivity index (χ0n) is 25.7. The molecule has 1 aliphatic heterocycles. The lowest BCUT2D eigenvalue weighted by Gasteiger charge is -2.25. The Morgan fingerprint density at radius 1 is 1.04 bits per heavy atom. The van der Waals surface area contributed by atoms with Gasteiger partial charge in [-0.3, -0.25) is 24.0 Å². The van der Waals surface area contributed by atoms with E-state index < -0.39 is 35.7 Å². The lowest BCUT2D eigenvalue weighted by Crippen LogP contribution is -2.45. The molecule has 0 spiro atoms. The van der Waals surface area contributed by atoms with Crippen molar-refractivity contribution in [3.8, 4) is 0 Å². The summed E-state index contributed by atoms with van der Waals surface area (Å²) < 4.78 is 7.13. The molecule has 4 aromatic rings. The first-order valence-corrected chi connectivity index (χ1v) is 15.8. The van der Waals surface area contributed by atoms with Gasteiger partial charge in [0.05, 0.1) is 12.6 Å². The molecule has 2 atom stereocenters. The molecule has 3 aromatic heterocycles. The van der Waals surface area contributed by atoms with Gasteiger partial charge in [-0.1, -0.05) is 44.2 Å². The third-order valence-electron chi connectivity index (χ3n) is 7.52. The number of nitrogens with one attached hydrogen (secondary N) is 3. The van der Waals surface area contributed by atoms with Crippen LogP contribution in [0.15, 0.2) is 69.5 Å². The van der Waals surface area contributed by atoms with E-state index in [1.807, 2.05) is 51.1 Å². The maximum atomic E-state index is 13.5. The Hall–Kier alpha value is -5.11. The quantitative estimate of drug-likeness (QED) is 0.298. The number of thiazole rings is 1. The van der Waals surface area contributed by atoms with Crippen LogP contribution in [-0.2, 0) is 17.8 Å². The van der Waals surface area contributed by atoms with Gasteiger partial charge in [-0.15, -0.1) is 11.3 Å². The first-order valence-electron chi connectivity index (χ1n) is 15.0. The predicted octanol–water partition coefficient (Wildman–Crippen LogP) is 2.73. The predicted molar refractivity (Wildman–Crippen MR) is 169 cm³/mol. The zero-order valence-corrected chi connectivity index (χ0v) is 26.5. The van der Waals surface area contributed by atoms with Gasteiger partial charge in [0.1, 0.15) is 23.0 Å². The zero-order chi connectivity index (χ0) is 32.8. The Balaban J connectivity index is 1.47. The summed E-state index contributed by atoms with van der Waals surface area (Å²) in [5.41, 5.74) is 0.832. The average Bonchev–Trinajstić information content (AvgIpc) is 3.73. The van der Waals surface area contributed by atoms with Gasteiger partial charge in [0.15, 0.2) is 5.69 Å². The largest absolute Gasteiger partial charge is 0.446 e. The van der Waals surface area contributed by atoms with Crippen LogP contribution in [0.5, 0.6) is 0 Å². The minimum Gasteiger partial charge on any atom is -0.446 e. The lowest BCUT2D eigenvalue weighted by atomic mass is 10.0. The van der Waals surface area contributed by atoms with E-state index in [0.717, 1.165) is 5.56 Å². The van der Waals surface area contributed by atoms with Gasteiger partial charge in [0.25, 0.3) is 23.3 Å². The summed E-state index contributed by atoms with van der Waals surface area (Å²) in [7, 11) is 0. The fourth-order valence-electron chi connectivity index (χ4n) is 5.01. The van der Waals surface area contributed by atoms with Gasteiger partial charge in [0, 0.05) is 49.3 Å². The molecule has 0 saturated carbocycles. The van der Waals surface area contributed by atoms with Crippen molar-refractivity contribution in [1.82, 2.24) is 35.4 Å². The van der Waals surface area contributed by atoms with Gasteiger partial charge < -0.3 is 29.8 Å². The number of carbonyl (C=O) groups excluding carboxylic acids is 4. The number of nitrogens with zero attached hydrogens (tertiary/aromatic N) is 4. The van der Waals surface area contributed by atoms with Gasteiger partial charge >= 0.3 is 0 Å². The molecular formula is C32H35N7O6S. The Morgan fingerprint density at radius 3 is 2.54 bits per heavy atom. The molecule has 0 fully saturated rings.